The molecule has 2 aromatic carbocycles. The number of hydrogen-bond acceptors (Lipinski definition) is 1. The molecule has 1 aliphatic rings. The van der Waals surface area contributed by atoms with Crippen LogP contribution in [-0.4, -0.2) is 17.0 Å². The molecule has 2 atom stereocenters. The quantitative estimate of drug-likeness (QED) is 0.252. The molecule has 0 N–H and O–H groups in total. The van der Waals surface area contributed by atoms with Crippen molar-refractivity contribution in [2.75, 3.05) is 6.54 Å². The van der Waals surface area contributed by atoms with Gasteiger partial charge in [0.25, 0.3) is 0 Å². The van der Waals surface area contributed by atoms with E-state index < -0.39 is 0 Å². The third-order valence-corrected chi connectivity index (χ3v) is 8.22. The minimum absolute atomic E-state index is 0.0156. The first-order valence-electron chi connectivity index (χ1n) is 15.0. The van der Waals surface area contributed by atoms with Crippen molar-refractivity contribution in [2.24, 2.45) is 11.8 Å². The van der Waals surface area contributed by atoms with E-state index in [9.17, 15) is 4.39 Å². The molecule has 0 saturated carbocycles. The smallest absolute Gasteiger partial charge is 0.123 e. The number of benzene rings is 2. The topological polar surface area (TPSA) is 3.24 Å². The highest BCUT2D eigenvalue weighted by molar-refractivity contribution is 5.36. The predicted molar refractivity (Wildman–Crippen MR) is 165 cm³/mol. The van der Waals surface area contributed by atoms with Crippen LogP contribution in [0.2, 0.25) is 0 Å². The summed E-state index contributed by atoms with van der Waals surface area (Å²) in [6.45, 7) is 21.3. The lowest BCUT2D eigenvalue weighted by Gasteiger charge is -2.44. The zero-order valence-corrected chi connectivity index (χ0v) is 25.8. The van der Waals surface area contributed by atoms with E-state index in [1.54, 1.807) is 17.7 Å². The monoisotopic (exact) mass is 519 g/mol. The predicted octanol–water partition coefficient (Wildman–Crippen LogP) is 10.3. The average molecular weight is 520 g/mol. The summed E-state index contributed by atoms with van der Waals surface area (Å²) in [6.07, 6.45) is 13.6. The van der Waals surface area contributed by atoms with Crippen LogP contribution in [0.15, 0.2) is 66.3 Å². The molecule has 0 heterocycles. The van der Waals surface area contributed by atoms with Crippen LogP contribution < -0.4 is 0 Å². The molecule has 0 saturated heterocycles. The number of nitrogens with zero attached hydrogens (tertiary/aromatic N) is 1. The number of rotatable bonds is 12. The molecule has 1 aliphatic carbocycles. The Hall–Kier alpha value is -2.19. The molecule has 210 valence electrons. The molecule has 2 aromatic rings. The van der Waals surface area contributed by atoms with Crippen LogP contribution in [0.3, 0.4) is 0 Å². The molecule has 0 radical (unpaired) electrons. The molecule has 38 heavy (non-hydrogen) atoms. The van der Waals surface area contributed by atoms with Crippen molar-refractivity contribution in [2.45, 2.75) is 112 Å². The van der Waals surface area contributed by atoms with Crippen molar-refractivity contribution < 1.29 is 4.39 Å². The van der Waals surface area contributed by atoms with Crippen molar-refractivity contribution in [1.29, 1.82) is 0 Å². The maximum Gasteiger partial charge on any atom is 0.123 e. The highest BCUT2D eigenvalue weighted by atomic mass is 19.1. The first kappa shape index (κ1) is 32.0. The summed E-state index contributed by atoms with van der Waals surface area (Å²) in [7, 11) is 0. The van der Waals surface area contributed by atoms with Crippen LogP contribution in [0.5, 0.6) is 0 Å². The van der Waals surface area contributed by atoms with Gasteiger partial charge in [0.15, 0.2) is 0 Å². The van der Waals surface area contributed by atoms with Gasteiger partial charge in [0.2, 0.25) is 0 Å². The minimum Gasteiger partial charge on any atom is -0.291 e. The second kappa shape index (κ2) is 15.4. The number of allylic oxidation sites excluding steroid dienone is 4. The van der Waals surface area contributed by atoms with E-state index >= 15 is 0 Å². The van der Waals surface area contributed by atoms with E-state index in [0.717, 1.165) is 25.8 Å². The van der Waals surface area contributed by atoms with E-state index in [1.165, 1.54) is 41.5 Å². The lowest BCUT2D eigenvalue weighted by Crippen LogP contribution is -2.46. The van der Waals surface area contributed by atoms with Crippen LogP contribution in [0.4, 0.5) is 4.39 Å². The Morgan fingerprint density at radius 2 is 1.63 bits per heavy atom. The highest BCUT2D eigenvalue weighted by Gasteiger charge is 2.31. The number of halogens is 1. The van der Waals surface area contributed by atoms with Gasteiger partial charge in [0.05, 0.1) is 0 Å². The summed E-state index contributed by atoms with van der Waals surface area (Å²) in [5.41, 5.74) is 7.19. The molecule has 0 aromatic heterocycles. The van der Waals surface area contributed by atoms with Gasteiger partial charge >= 0.3 is 0 Å². The van der Waals surface area contributed by atoms with Gasteiger partial charge in [0.1, 0.15) is 5.82 Å². The molecule has 0 amide bonds. The zero-order valence-electron chi connectivity index (χ0n) is 25.8. The fourth-order valence-corrected chi connectivity index (χ4v) is 5.45. The van der Waals surface area contributed by atoms with Crippen molar-refractivity contribution in [1.82, 2.24) is 4.90 Å². The zero-order chi connectivity index (χ0) is 28.3. The van der Waals surface area contributed by atoms with Crippen molar-refractivity contribution >= 4 is 0 Å². The molecular formula is C36H54FN. The van der Waals surface area contributed by atoms with Crippen LogP contribution in [0.25, 0.3) is 0 Å². The summed E-state index contributed by atoms with van der Waals surface area (Å²) in [5, 5.41) is 0. The Morgan fingerprint density at radius 1 is 0.974 bits per heavy atom. The van der Waals surface area contributed by atoms with Gasteiger partial charge in [-0.3, -0.25) is 4.90 Å². The maximum absolute atomic E-state index is 13.4. The lowest BCUT2D eigenvalue weighted by molar-refractivity contribution is 0.0640. The Morgan fingerprint density at radius 3 is 2.29 bits per heavy atom. The first-order valence-corrected chi connectivity index (χ1v) is 15.0. The summed E-state index contributed by atoms with van der Waals surface area (Å²) in [4.78, 5) is 2.72. The SMILES string of the molecule is C/C(=C\C=C/C(C)C)C(C)CCN(C(C)c1ccc2c(c1)CCC2)C(C)(C)CCc1ccc(F)cc1.CC. The lowest BCUT2D eigenvalue weighted by atomic mass is 9.88. The minimum atomic E-state index is -0.162. The first-order chi connectivity index (χ1) is 18.1. The normalized spacial score (nSPS) is 15.5. The molecule has 2 unspecified atom stereocenters. The van der Waals surface area contributed by atoms with Crippen molar-refractivity contribution in [3.63, 3.8) is 0 Å². The third kappa shape index (κ3) is 9.53. The van der Waals surface area contributed by atoms with E-state index in [4.69, 9.17) is 0 Å². The molecule has 0 spiro atoms. The third-order valence-electron chi connectivity index (χ3n) is 8.22. The molecule has 0 fully saturated rings. The van der Waals surface area contributed by atoms with Crippen LogP contribution in [0.1, 0.15) is 110 Å². The Balaban J connectivity index is 0.00000247. The molecule has 2 heteroatoms. The van der Waals surface area contributed by atoms with Crippen LogP contribution in [-0.2, 0) is 19.3 Å². The largest absolute Gasteiger partial charge is 0.291 e. The number of fused-ring (bicyclic) bond motifs is 1. The van der Waals surface area contributed by atoms with E-state index in [-0.39, 0.29) is 11.4 Å². The fourth-order valence-electron chi connectivity index (χ4n) is 5.45. The van der Waals surface area contributed by atoms with E-state index in [1.807, 2.05) is 26.0 Å². The standard InChI is InChI=1S/C34H48FN.C2H6/c1-25(2)10-8-11-26(3)27(4)21-23-36(28(5)31-17-16-30-12-9-13-32(30)24-31)34(6,7)22-20-29-14-18-33(35)19-15-29;1-2/h8,10-11,14-19,24-25,27-28H,9,12-13,20-23H2,1-7H3;1-2H3/b10-8-,26-11+;. The van der Waals surface area contributed by atoms with Crippen molar-refractivity contribution in [3.8, 4) is 0 Å². The van der Waals surface area contributed by atoms with Gasteiger partial charge in [-0.1, -0.05) is 88.8 Å². The summed E-state index contributed by atoms with van der Waals surface area (Å²) in [5.74, 6) is 0.949. The molecular weight excluding hydrogens is 465 g/mol. The number of hydrogen-bond donors (Lipinski definition) is 0. The Labute approximate surface area is 234 Å². The number of aryl methyl sites for hydroxylation is 3. The van der Waals surface area contributed by atoms with Crippen LogP contribution in [0, 0.1) is 17.7 Å². The molecule has 0 bridgehead atoms. The highest BCUT2D eigenvalue weighted by Crippen LogP contribution is 2.34. The summed E-state index contributed by atoms with van der Waals surface area (Å²) >= 11 is 0. The van der Waals surface area contributed by atoms with Gasteiger partial charge < -0.3 is 0 Å². The van der Waals surface area contributed by atoms with Crippen LogP contribution >= 0.6 is 0 Å². The maximum atomic E-state index is 13.4. The average Bonchev–Trinajstić information content (AvgIpc) is 3.37. The molecule has 0 aliphatic heterocycles. The Bertz CT molecular complexity index is 1030. The van der Waals surface area contributed by atoms with Gasteiger partial charge in [-0.15, -0.1) is 0 Å². The van der Waals surface area contributed by atoms with Gasteiger partial charge in [0, 0.05) is 11.6 Å². The van der Waals surface area contributed by atoms with Gasteiger partial charge in [-0.05, 0) is 119 Å². The summed E-state index contributed by atoms with van der Waals surface area (Å²) in [6, 6.07) is 14.6. The second-order valence-corrected chi connectivity index (χ2v) is 11.9. The van der Waals surface area contributed by atoms with E-state index in [0.29, 0.717) is 17.9 Å². The molecule has 3 rings (SSSR count). The Kier molecular flexibility index (Phi) is 13.0. The van der Waals surface area contributed by atoms with Crippen molar-refractivity contribution in [3.05, 3.63) is 94.3 Å². The second-order valence-electron chi connectivity index (χ2n) is 11.9. The van der Waals surface area contributed by atoms with E-state index in [2.05, 4.69) is 89.8 Å². The van der Waals surface area contributed by atoms with Gasteiger partial charge in [-0.25, -0.2) is 4.39 Å². The fraction of sp³-hybridized carbons (Fsp3) is 0.556. The molecule has 1 nitrogen and oxygen atoms in total. The van der Waals surface area contributed by atoms with Gasteiger partial charge in [-0.2, -0.15) is 0 Å². The summed E-state index contributed by atoms with van der Waals surface area (Å²) < 4.78 is 13.4.